The van der Waals surface area contributed by atoms with Crippen LogP contribution in [0, 0.1) is 0 Å². The van der Waals surface area contributed by atoms with Gasteiger partial charge in [0.1, 0.15) is 0 Å². The number of hydrogen-bond donors (Lipinski definition) is 2. The second-order valence-corrected chi connectivity index (χ2v) is 8.54. The maximum Gasteiger partial charge on any atom is 0.191 e. The molecule has 2 rings (SSSR count). The molecule has 2 saturated heterocycles. The minimum atomic E-state index is 0. The lowest BCUT2D eigenvalue weighted by Crippen LogP contribution is -2.56. The largest absolute Gasteiger partial charge is 0.379 e. The summed E-state index contributed by atoms with van der Waals surface area (Å²) in [6.45, 7) is 8.77. The molecule has 0 bridgehead atoms. The van der Waals surface area contributed by atoms with Gasteiger partial charge in [-0.3, -0.25) is 9.89 Å². The number of unbranched alkanes of at least 4 members (excludes halogenated alkanes) is 1. The summed E-state index contributed by atoms with van der Waals surface area (Å²) in [5, 5.41) is 6.90. The molecule has 2 aliphatic heterocycles. The van der Waals surface area contributed by atoms with Crippen LogP contribution in [0.25, 0.3) is 0 Å². The normalized spacial score (nSPS) is 24.8. The second-order valence-electron chi connectivity index (χ2n) is 6.45. The summed E-state index contributed by atoms with van der Waals surface area (Å²) in [6, 6.07) is 0. The molecule has 0 aromatic heterocycles. The van der Waals surface area contributed by atoms with Crippen molar-refractivity contribution < 1.29 is 4.74 Å². The van der Waals surface area contributed by atoms with Crippen molar-refractivity contribution in [3.8, 4) is 0 Å². The third-order valence-corrected chi connectivity index (χ3v) is 6.64. The number of morpholine rings is 1. The Morgan fingerprint density at radius 2 is 2.08 bits per heavy atom. The highest BCUT2D eigenvalue weighted by molar-refractivity contribution is 14.0. The first-order chi connectivity index (χ1) is 11.8. The lowest BCUT2D eigenvalue weighted by Gasteiger charge is -2.42. The zero-order valence-electron chi connectivity index (χ0n) is 15.7. The Bertz CT molecular complexity index is 376. The maximum atomic E-state index is 5.54. The van der Waals surface area contributed by atoms with Crippen molar-refractivity contribution in [1.82, 2.24) is 15.5 Å². The Morgan fingerprint density at radius 1 is 1.28 bits per heavy atom. The lowest BCUT2D eigenvalue weighted by atomic mass is 9.96. The van der Waals surface area contributed by atoms with E-state index in [0.29, 0.717) is 0 Å². The molecule has 2 aliphatic rings. The summed E-state index contributed by atoms with van der Waals surface area (Å²) in [5.41, 5.74) is 0.232. The van der Waals surface area contributed by atoms with Gasteiger partial charge in [0.2, 0.25) is 0 Å². The van der Waals surface area contributed by atoms with E-state index in [1.807, 2.05) is 11.8 Å². The van der Waals surface area contributed by atoms with Crippen molar-refractivity contribution in [1.29, 1.82) is 0 Å². The van der Waals surface area contributed by atoms with Gasteiger partial charge in [-0.05, 0) is 43.9 Å². The summed E-state index contributed by atoms with van der Waals surface area (Å²) in [5.74, 6) is 4.67. The van der Waals surface area contributed by atoms with E-state index < -0.39 is 0 Å². The highest BCUT2D eigenvalue weighted by Gasteiger charge is 2.40. The summed E-state index contributed by atoms with van der Waals surface area (Å²) >= 11 is 3.99. The molecule has 0 aromatic rings. The molecular weight excluding hydrogens is 467 g/mol. The van der Waals surface area contributed by atoms with Crippen LogP contribution < -0.4 is 10.6 Å². The van der Waals surface area contributed by atoms with Gasteiger partial charge >= 0.3 is 0 Å². The third-order valence-electron chi connectivity index (χ3n) is 4.71. The molecule has 1 unspecified atom stereocenters. The van der Waals surface area contributed by atoms with E-state index in [9.17, 15) is 0 Å². The van der Waals surface area contributed by atoms with Gasteiger partial charge in [-0.2, -0.15) is 23.5 Å². The molecule has 1 atom stereocenters. The number of nitrogens with zero attached hydrogens (tertiary/aromatic N) is 2. The Labute approximate surface area is 179 Å². The van der Waals surface area contributed by atoms with Gasteiger partial charge in [0.25, 0.3) is 0 Å². The number of ether oxygens (including phenoxy) is 1. The number of rotatable bonds is 9. The molecule has 5 nitrogen and oxygen atoms in total. The van der Waals surface area contributed by atoms with Crippen molar-refractivity contribution in [2.45, 2.75) is 31.7 Å². The van der Waals surface area contributed by atoms with E-state index in [1.54, 1.807) is 0 Å². The van der Waals surface area contributed by atoms with Crippen molar-refractivity contribution in [2.75, 3.05) is 69.5 Å². The Balaban J connectivity index is 0.00000312. The quantitative estimate of drug-likeness (QED) is 0.219. The van der Waals surface area contributed by atoms with Crippen LogP contribution in [0.3, 0.4) is 0 Å². The standard InChI is InChI=1S/C17H34N4OS2.HI/c1-3-18-16(19-7-4-5-12-23-2)20-14-17(6-13-24-15-17)21-8-10-22-11-9-21;/h3-15H2,1-2H3,(H2,18,19,20);1H. The van der Waals surface area contributed by atoms with E-state index in [-0.39, 0.29) is 29.5 Å². The fraction of sp³-hybridized carbons (Fsp3) is 0.941. The van der Waals surface area contributed by atoms with Gasteiger partial charge in [0, 0.05) is 31.9 Å². The molecule has 0 radical (unpaired) electrons. The topological polar surface area (TPSA) is 48.9 Å². The molecule has 2 N–H and O–H groups in total. The first-order valence-electron chi connectivity index (χ1n) is 9.22. The summed E-state index contributed by atoms with van der Waals surface area (Å²) in [6.07, 6.45) is 5.88. The average Bonchev–Trinajstić information content (AvgIpc) is 3.10. The molecule has 0 spiro atoms. The predicted molar refractivity (Wildman–Crippen MR) is 124 cm³/mol. The monoisotopic (exact) mass is 502 g/mol. The van der Waals surface area contributed by atoms with Crippen molar-refractivity contribution in [3.05, 3.63) is 0 Å². The van der Waals surface area contributed by atoms with Gasteiger partial charge in [0.05, 0.1) is 25.3 Å². The smallest absolute Gasteiger partial charge is 0.191 e. The number of halogens is 1. The van der Waals surface area contributed by atoms with E-state index >= 15 is 0 Å². The van der Waals surface area contributed by atoms with Gasteiger partial charge in [-0.25, -0.2) is 0 Å². The molecule has 2 fully saturated rings. The third kappa shape index (κ3) is 8.02. The number of thioether (sulfide) groups is 2. The van der Waals surface area contributed by atoms with Crippen LogP contribution in [0.5, 0.6) is 0 Å². The molecular formula is C17H35IN4OS2. The van der Waals surface area contributed by atoms with Gasteiger partial charge in [-0.1, -0.05) is 0 Å². The van der Waals surface area contributed by atoms with Gasteiger partial charge < -0.3 is 15.4 Å². The highest BCUT2D eigenvalue weighted by atomic mass is 127. The summed E-state index contributed by atoms with van der Waals surface area (Å²) in [7, 11) is 0. The van der Waals surface area contributed by atoms with Crippen LogP contribution in [0.2, 0.25) is 0 Å². The zero-order valence-corrected chi connectivity index (χ0v) is 19.7. The Kier molecular flexibility index (Phi) is 13.0. The van der Waals surface area contributed by atoms with E-state index in [0.717, 1.165) is 51.9 Å². The van der Waals surface area contributed by atoms with Crippen molar-refractivity contribution >= 4 is 53.5 Å². The SMILES string of the molecule is CCNC(=NCC1(N2CCOCC2)CCSC1)NCCCCSC.I. The Hall–Kier alpha value is 0.620. The van der Waals surface area contributed by atoms with Crippen LogP contribution in [-0.2, 0) is 4.74 Å². The fourth-order valence-electron chi connectivity index (χ4n) is 3.25. The molecule has 0 aromatic carbocycles. The molecule has 25 heavy (non-hydrogen) atoms. The number of guanidine groups is 1. The van der Waals surface area contributed by atoms with Crippen molar-refractivity contribution in [2.24, 2.45) is 4.99 Å². The summed E-state index contributed by atoms with van der Waals surface area (Å²) in [4.78, 5) is 7.58. The summed E-state index contributed by atoms with van der Waals surface area (Å²) < 4.78 is 5.54. The van der Waals surface area contributed by atoms with Crippen LogP contribution in [0.4, 0.5) is 0 Å². The molecule has 148 valence electrons. The fourth-order valence-corrected chi connectivity index (χ4v) is 5.21. The molecule has 2 heterocycles. The minimum absolute atomic E-state index is 0. The minimum Gasteiger partial charge on any atom is -0.379 e. The van der Waals surface area contributed by atoms with Crippen LogP contribution in [0.15, 0.2) is 4.99 Å². The molecule has 0 saturated carbocycles. The van der Waals surface area contributed by atoms with E-state index in [2.05, 4.69) is 40.5 Å². The number of aliphatic imine (C=N–C) groups is 1. The molecule has 0 amide bonds. The molecule has 8 heteroatoms. The first kappa shape index (κ1) is 23.7. The van der Waals surface area contributed by atoms with Gasteiger partial charge in [0.15, 0.2) is 5.96 Å². The van der Waals surface area contributed by atoms with Gasteiger partial charge in [-0.15, -0.1) is 24.0 Å². The van der Waals surface area contributed by atoms with Crippen LogP contribution in [-0.4, -0.2) is 85.9 Å². The van der Waals surface area contributed by atoms with E-state index in [4.69, 9.17) is 9.73 Å². The number of hydrogen-bond acceptors (Lipinski definition) is 5. The van der Waals surface area contributed by atoms with Crippen LogP contribution >= 0.6 is 47.5 Å². The Morgan fingerprint density at radius 3 is 2.72 bits per heavy atom. The lowest BCUT2D eigenvalue weighted by molar-refractivity contribution is -0.0104. The predicted octanol–water partition coefficient (Wildman–Crippen LogP) is 2.51. The van der Waals surface area contributed by atoms with E-state index in [1.165, 1.54) is 36.5 Å². The van der Waals surface area contributed by atoms with Crippen molar-refractivity contribution in [3.63, 3.8) is 0 Å². The highest BCUT2D eigenvalue weighted by Crippen LogP contribution is 2.34. The second kappa shape index (κ2) is 13.7. The van der Waals surface area contributed by atoms with Crippen LogP contribution in [0.1, 0.15) is 26.2 Å². The number of nitrogens with one attached hydrogen (secondary N) is 2. The molecule has 0 aliphatic carbocycles. The first-order valence-corrected chi connectivity index (χ1v) is 11.8. The zero-order chi connectivity index (χ0) is 17.1. The average molecular weight is 503 g/mol. The maximum absolute atomic E-state index is 5.54.